The van der Waals surface area contributed by atoms with Crippen molar-refractivity contribution in [3.05, 3.63) is 16.1 Å². The van der Waals surface area contributed by atoms with Crippen LogP contribution in [0.1, 0.15) is 55.6 Å². The van der Waals surface area contributed by atoms with Crippen molar-refractivity contribution >= 4 is 23.2 Å². The summed E-state index contributed by atoms with van der Waals surface area (Å²) in [5, 5.41) is 10.2. The van der Waals surface area contributed by atoms with Gasteiger partial charge >= 0.3 is 12.1 Å². The van der Waals surface area contributed by atoms with Crippen LogP contribution in [0.4, 0.5) is 22.0 Å². The topological polar surface area (TPSA) is 73.7 Å². The number of carboxylic acid groups (broad SMARTS) is 1. The van der Waals surface area contributed by atoms with E-state index < -0.39 is 18.1 Å². The van der Waals surface area contributed by atoms with Crippen molar-refractivity contribution in [2.45, 2.75) is 76.1 Å². The molecule has 0 aromatic carbocycles. The number of likely N-dealkylation sites (tertiary alicyclic amines) is 2. The monoisotopic (exact) mass is 497 g/mol. The number of hydrogen-bond acceptors (Lipinski definition) is 5. The van der Waals surface area contributed by atoms with Crippen LogP contribution in [-0.2, 0) is 16.1 Å². The summed E-state index contributed by atoms with van der Waals surface area (Å²) >= 11 is 1.63. The molecule has 1 amide bonds. The first kappa shape index (κ1) is 25.8. The summed E-state index contributed by atoms with van der Waals surface area (Å²) in [5.74, 6) is -4.81. The molecule has 3 heterocycles. The van der Waals surface area contributed by atoms with E-state index in [1.54, 1.807) is 11.3 Å². The average Bonchev–Trinajstić information content (AvgIpc) is 3.15. The Bertz CT molecular complexity index is 854. The second kappa shape index (κ2) is 9.81. The number of thiazole rings is 1. The molecule has 3 fully saturated rings. The van der Waals surface area contributed by atoms with Gasteiger partial charge in [-0.1, -0.05) is 0 Å². The number of nitrogens with zero attached hydrogens (tertiary/aromatic N) is 3. The lowest BCUT2D eigenvalue weighted by Gasteiger charge is -2.39. The molecular weight excluding hydrogens is 469 g/mol. The highest BCUT2D eigenvalue weighted by molar-refractivity contribution is 7.09. The Hall–Kier alpha value is -1.82. The second-order valence-corrected chi connectivity index (χ2v) is 10.2. The fourth-order valence-corrected chi connectivity index (χ4v) is 5.59. The Kier molecular flexibility index (Phi) is 7.67. The first-order valence-corrected chi connectivity index (χ1v) is 11.8. The van der Waals surface area contributed by atoms with Gasteiger partial charge in [0.15, 0.2) is 0 Å². The number of amides is 1. The van der Waals surface area contributed by atoms with Crippen molar-refractivity contribution < 1.29 is 36.6 Å². The number of carboxylic acids is 1. The van der Waals surface area contributed by atoms with Crippen LogP contribution in [0.3, 0.4) is 0 Å². The molecule has 2 saturated heterocycles. The maximum atomic E-state index is 13.1. The molecule has 0 bridgehead atoms. The summed E-state index contributed by atoms with van der Waals surface area (Å²) in [7, 11) is 0. The molecule has 33 heavy (non-hydrogen) atoms. The van der Waals surface area contributed by atoms with Crippen LogP contribution in [0.25, 0.3) is 0 Å². The third-order valence-electron chi connectivity index (χ3n) is 6.61. The lowest BCUT2D eigenvalue weighted by molar-refractivity contribution is -0.192. The molecule has 4 rings (SSSR count). The first-order valence-electron chi connectivity index (χ1n) is 10.9. The number of carbonyl (C=O) groups is 2. The van der Waals surface area contributed by atoms with Crippen molar-refractivity contribution in [1.29, 1.82) is 0 Å². The van der Waals surface area contributed by atoms with Gasteiger partial charge in [-0.2, -0.15) is 13.2 Å². The molecule has 1 unspecified atom stereocenters. The molecule has 6 nitrogen and oxygen atoms in total. The van der Waals surface area contributed by atoms with E-state index in [0.717, 1.165) is 56.0 Å². The van der Waals surface area contributed by atoms with E-state index in [0.29, 0.717) is 13.0 Å². The van der Waals surface area contributed by atoms with Gasteiger partial charge in [-0.15, -0.1) is 11.3 Å². The molecule has 1 aromatic heterocycles. The number of aryl methyl sites for hydroxylation is 1. The zero-order chi connectivity index (χ0) is 24.4. The molecule has 12 heteroatoms. The summed E-state index contributed by atoms with van der Waals surface area (Å²) in [5.41, 5.74) is 0.923. The minimum atomic E-state index is -5.08. The molecule has 1 atom stereocenters. The standard InChI is InChI=1S/C19H27F2N3OS.C2HF3O2/c1-14-22-16(13-26-14)12-24-17(25)3-5-18(24)4-2-7-23(8-6-18)11-15-9-19(20,21)10-15;3-2(4,5)1(6)7/h13,15H,2-12H2,1H3;(H,6,7). The zero-order valence-corrected chi connectivity index (χ0v) is 19.2. The van der Waals surface area contributed by atoms with Gasteiger partial charge in [-0.05, 0) is 45.1 Å². The minimum Gasteiger partial charge on any atom is -0.475 e. The number of carbonyl (C=O) groups excluding carboxylic acids is 1. The van der Waals surface area contributed by atoms with E-state index in [4.69, 9.17) is 9.90 Å². The van der Waals surface area contributed by atoms with Crippen molar-refractivity contribution in [3.63, 3.8) is 0 Å². The van der Waals surface area contributed by atoms with Gasteiger partial charge in [-0.25, -0.2) is 18.6 Å². The van der Waals surface area contributed by atoms with Crippen molar-refractivity contribution in [3.8, 4) is 0 Å². The van der Waals surface area contributed by atoms with Gasteiger partial charge < -0.3 is 14.9 Å². The van der Waals surface area contributed by atoms with Crippen molar-refractivity contribution in [2.75, 3.05) is 19.6 Å². The molecule has 1 aromatic rings. The molecule has 1 spiro atoms. The smallest absolute Gasteiger partial charge is 0.475 e. The fraction of sp³-hybridized carbons (Fsp3) is 0.762. The highest BCUT2D eigenvalue weighted by Gasteiger charge is 2.48. The number of aliphatic carboxylic acids is 1. The Labute approximate surface area is 192 Å². The predicted molar refractivity (Wildman–Crippen MR) is 111 cm³/mol. The zero-order valence-electron chi connectivity index (χ0n) is 18.3. The third-order valence-corrected chi connectivity index (χ3v) is 7.43. The largest absolute Gasteiger partial charge is 0.490 e. The maximum Gasteiger partial charge on any atom is 0.490 e. The summed E-state index contributed by atoms with van der Waals surface area (Å²) in [6.45, 7) is 5.25. The van der Waals surface area contributed by atoms with Crippen LogP contribution in [0.5, 0.6) is 0 Å². The van der Waals surface area contributed by atoms with Gasteiger partial charge in [0.05, 0.1) is 17.2 Å². The lowest BCUT2D eigenvalue weighted by atomic mass is 9.81. The summed E-state index contributed by atoms with van der Waals surface area (Å²) in [4.78, 5) is 30.4. The second-order valence-electron chi connectivity index (χ2n) is 9.15. The molecule has 1 aliphatic carbocycles. The Morgan fingerprint density at radius 3 is 2.45 bits per heavy atom. The molecule has 2 aliphatic heterocycles. The van der Waals surface area contributed by atoms with E-state index in [1.165, 1.54) is 0 Å². The normalized spacial score (nSPS) is 26.0. The van der Waals surface area contributed by atoms with Gasteiger partial charge in [0.2, 0.25) is 11.8 Å². The number of alkyl halides is 5. The fourth-order valence-electron chi connectivity index (χ4n) is 4.99. The van der Waals surface area contributed by atoms with E-state index in [-0.39, 0.29) is 30.2 Å². The first-order chi connectivity index (χ1) is 15.3. The van der Waals surface area contributed by atoms with Gasteiger partial charge in [-0.3, -0.25) is 4.79 Å². The van der Waals surface area contributed by atoms with Crippen LogP contribution < -0.4 is 0 Å². The van der Waals surface area contributed by atoms with E-state index in [9.17, 15) is 26.7 Å². The highest BCUT2D eigenvalue weighted by atomic mass is 32.1. The van der Waals surface area contributed by atoms with E-state index in [2.05, 4.69) is 20.2 Å². The number of aromatic nitrogens is 1. The molecular formula is C21H28F5N3O3S. The summed E-state index contributed by atoms with van der Waals surface area (Å²) in [6.07, 6.45) is -0.458. The maximum absolute atomic E-state index is 13.1. The van der Waals surface area contributed by atoms with Crippen LogP contribution in [0.15, 0.2) is 5.38 Å². The molecule has 0 radical (unpaired) electrons. The van der Waals surface area contributed by atoms with Crippen molar-refractivity contribution in [1.82, 2.24) is 14.8 Å². The number of halogens is 5. The van der Waals surface area contributed by atoms with Crippen LogP contribution in [-0.4, -0.2) is 69.0 Å². The van der Waals surface area contributed by atoms with Crippen LogP contribution >= 0.6 is 11.3 Å². The van der Waals surface area contributed by atoms with Crippen LogP contribution in [0.2, 0.25) is 0 Å². The molecule has 1 saturated carbocycles. The van der Waals surface area contributed by atoms with Gasteiger partial charge in [0.25, 0.3) is 0 Å². The van der Waals surface area contributed by atoms with Crippen LogP contribution in [0, 0.1) is 12.8 Å². The summed E-state index contributed by atoms with van der Waals surface area (Å²) in [6, 6.07) is 0. The minimum absolute atomic E-state index is 0.0441. The summed E-state index contributed by atoms with van der Waals surface area (Å²) < 4.78 is 57.9. The van der Waals surface area contributed by atoms with E-state index >= 15 is 0 Å². The Morgan fingerprint density at radius 1 is 1.24 bits per heavy atom. The molecule has 186 valence electrons. The molecule has 3 aliphatic rings. The number of hydrogen-bond donors (Lipinski definition) is 1. The lowest BCUT2D eigenvalue weighted by Crippen LogP contribution is -2.46. The van der Waals surface area contributed by atoms with Gasteiger partial charge in [0.1, 0.15) is 0 Å². The Morgan fingerprint density at radius 2 is 1.91 bits per heavy atom. The SMILES string of the molecule is Cc1nc(CN2C(=O)CCC23CCCN(CC2CC(F)(F)C2)CC3)cs1.O=C(O)C(F)(F)F. The average molecular weight is 498 g/mol. The predicted octanol–water partition coefficient (Wildman–Crippen LogP) is 4.48. The molecule has 1 N–H and O–H groups in total. The number of rotatable bonds is 4. The van der Waals surface area contributed by atoms with Crippen molar-refractivity contribution in [2.24, 2.45) is 5.92 Å². The van der Waals surface area contributed by atoms with E-state index in [1.807, 2.05) is 6.92 Å². The highest BCUT2D eigenvalue weighted by Crippen LogP contribution is 2.44. The Balaban J connectivity index is 0.000000383. The van der Waals surface area contributed by atoms with Gasteiger partial charge in [0, 0.05) is 43.3 Å². The quantitative estimate of drug-likeness (QED) is 0.621. The third kappa shape index (κ3) is 6.62.